The van der Waals surface area contributed by atoms with Crippen molar-refractivity contribution in [3.63, 3.8) is 0 Å². The number of aliphatic imine (C=N–C) groups is 2. The molecule has 13 nitrogen and oxygen atoms in total. The van der Waals surface area contributed by atoms with Crippen LogP contribution in [0.15, 0.2) is 148 Å². The van der Waals surface area contributed by atoms with Crippen molar-refractivity contribution < 1.29 is 36.0 Å². The van der Waals surface area contributed by atoms with Gasteiger partial charge in [-0.2, -0.15) is 4.58 Å². The number of rotatable bonds is 29. The van der Waals surface area contributed by atoms with E-state index in [0.717, 1.165) is 167 Å². The van der Waals surface area contributed by atoms with Crippen molar-refractivity contribution in [3.05, 3.63) is 149 Å². The number of anilines is 1. The summed E-state index contributed by atoms with van der Waals surface area (Å²) in [7, 11) is 2.72. The van der Waals surface area contributed by atoms with Crippen LogP contribution in [-0.4, -0.2) is 155 Å². The van der Waals surface area contributed by atoms with Gasteiger partial charge in [-0.3, -0.25) is 0 Å². The van der Waals surface area contributed by atoms with Gasteiger partial charge in [-0.05, 0) is 141 Å². The molecule has 83 heavy (non-hydrogen) atoms. The summed E-state index contributed by atoms with van der Waals surface area (Å²) in [5, 5.41) is 10.3. The van der Waals surface area contributed by atoms with Crippen molar-refractivity contribution in [2.24, 2.45) is 9.98 Å². The summed E-state index contributed by atoms with van der Waals surface area (Å²) in [4.78, 5) is 11.1. The van der Waals surface area contributed by atoms with Gasteiger partial charge in [0.15, 0.2) is 17.4 Å². The number of para-hydroxylation sites is 2. The van der Waals surface area contributed by atoms with Crippen molar-refractivity contribution in [2.45, 2.75) is 116 Å². The van der Waals surface area contributed by atoms with Crippen molar-refractivity contribution in [3.8, 4) is 5.75 Å². The molecule has 1 aliphatic carbocycles. The first-order chi connectivity index (χ1) is 39.9. The van der Waals surface area contributed by atoms with E-state index >= 15 is 0 Å². The molecule has 0 radical (unpaired) electrons. The Hall–Kier alpha value is -5.77. The normalized spacial score (nSPS) is 18.4. The molecule has 4 aromatic carbocycles. The minimum absolute atomic E-state index is 0.292. The minimum atomic E-state index is -4.28. The molecular formula is C68H94N8O5S2+2. The molecule has 0 bridgehead atoms. The number of morpholine rings is 1. The molecule has 3 heterocycles. The Morgan fingerprint density at radius 3 is 2.29 bits per heavy atom. The lowest BCUT2D eigenvalue weighted by Gasteiger charge is -2.37. The average molecular weight is 1170 g/mol. The number of nitrogens with zero attached hydrogens (tertiary/aromatic N) is 6. The van der Waals surface area contributed by atoms with Gasteiger partial charge in [0.25, 0.3) is 0 Å². The maximum absolute atomic E-state index is 11.5. The summed E-state index contributed by atoms with van der Waals surface area (Å²) >= 11 is 5.83. The van der Waals surface area contributed by atoms with Gasteiger partial charge in [0.1, 0.15) is 24.6 Å². The molecule has 446 valence electrons. The second-order valence-corrected chi connectivity index (χ2v) is 27.0. The Labute approximate surface area is 502 Å². The summed E-state index contributed by atoms with van der Waals surface area (Å²) in [5.74, 6) is 1.31. The standard InChI is InChI=1S/C68H93N8O5S2/c1-67(2)59-31-15-16-32-60(59)73(43-18-20-52-83(77,78)79)62(67)37-34-55-26-21-27-56(65(55)81-57-28-11-10-12-29-57)35-38-63-68(3,4)64-58-30-14-13-25-54(58)33-36-61(64)74(63)44-22-41-71-66(82)72-42-24-46-75(5,6)45-19-9-8-17-39-69-53-70-40-23-47-76(7)48-50-80-51-49-76/h10-16,25,28-38H,8-9,17-24,26-27,39-52H2,1-7H3,(H-2,71,72,77,78,79,82)/q+1/p+1. The van der Waals surface area contributed by atoms with E-state index in [1.165, 1.54) is 52.6 Å². The molecule has 1 fully saturated rings. The summed E-state index contributed by atoms with van der Waals surface area (Å²) in [6.07, 6.45) is 20.5. The van der Waals surface area contributed by atoms with Crippen molar-refractivity contribution in [1.29, 1.82) is 0 Å². The predicted octanol–water partition coefficient (Wildman–Crippen LogP) is 12.1. The lowest BCUT2D eigenvalue weighted by atomic mass is 9.78. The first-order valence-electron chi connectivity index (χ1n) is 30.7. The molecule has 4 aromatic rings. The molecule has 0 amide bonds. The van der Waals surface area contributed by atoms with E-state index in [1.54, 1.807) is 0 Å². The van der Waals surface area contributed by atoms with Crippen LogP contribution in [0.1, 0.15) is 116 Å². The molecule has 0 aromatic heterocycles. The number of quaternary nitrogens is 2. The van der Waals surface area contributed by atoms with E-state index in [1.807, 2.05) is 30.3 Å². The Bertz CT molecular complexity index is 3200. The van der Waals surface area contributed by atoms with Crippen LogP contribution >= 0.6 is 12.2 Å². The number of benzene rings is 4. The number of hydrogen-bond acceptors (Lipinski definition) is 9. The van der Waals surface area contributed by atoms with Gasteiger partial charge in [0, 0.05) is 85.7 Å². The third-order valence-corrected chi connectivity index (χ3v) is 18.5. The Morgan fingerprint density at radius 2 is 1.51 bits per heavy atom. The highest BCUT2D eigenvalue weighted by Crippen LogP contribution is 2.48. The van der Waals surface area contributed by atoms with E-state index < -0.39 is 10.1 Å². The summed E-state index contributed by atoms with van der Waals surface area (Å²) in [5.41, 5.74) is 8.99. The van der Waals surface area contributed by atoms with E-state index in [9.17, 15) is 13.0 Å². The molecule has 0 unspecified atom stereocenters. The fourth-order valence-electron chi connectivity index (χ4n) is 12.6. The van der Waals surface area contributed by atoms with Crippen LogP contribution in [0.3, 0.4) is 0 Å². The second kappa shape index (κ2) is 29.4. The average Bonchev–Trinajstić information content (AvgIpc) is 3.10. The Morgan fingerprint density at radius 1 is 0.807 bits per heavy atom. The number of allylic oxidation sites excluding steroid dienone is 7. The molecule has 1 saturated heterocycles. The molecule has 0 spiro atoms. The summed E-state index contributed by atoms with van der Waals surface area (Å²) in [6.45, 7) is 21.2. The number of unbranched alkanes of at least 4 members (excludes halogenated alkanes) is 4. The van der Waals surface area contributed by atoms with Gasteiger partial charge < -0.3 is 38.5 Å². The van der Waals surface area contributed by atoms with Crippen molar-refractivity contribution in [2.75, 3.05) is 117 Å². The minimum Gasteiger partial charge on any atom is -0.748 e. The molecule has 2 N–H and O–H groups in total. The van der Waals surface area contributed by atoms with Gasteiger partial charge >= 0.3 is 0 Å². The van der Waals surface area contributed by atoms with Crippen LogP contribution < -0.4 is 20.3 Å². The Balaban J connectivity index is 0.892. The van der Waals surface area contributed by atoms with Gasteiger partial charge in [-0.1, -0.05) is 87.0 Å². The molecule has 8 rings (SSSR count). The number of ether oxygens (including phenoxy) is 2. The first-order valence-corrected chi connectivity index (χ1v) is 32.7. The van der Waals surface area contributed by atoms with Gasteiger partial charge in [-0.15, -0.1) is 0 Å². The fourth-order valence-corrected chi connectivity index (χ4v) is 13.4. The third kappa shape index (κ3) is 17.4. The molecule has 15 heteroatoms. The van der Waals surface area contributed by atoms with Crippen molar-refractivity contribution in [1.82, 2.24) is 10.6 Å². The molecular weight excluding hydrogens is 1070 g/mol. The number of likely N-dealkylation sites (N-methyl/N-ethyl adjacent to an activating group) is 1. The third-order valence-electron chi connectivity index (χ3n) is 17.4. The van der Waals surface area contributed by atoms with Crippen LogP contribution in [0.25, 0.3) is 10.8 Å². The molecule has 0 atom stereocenters. The second-order valence-electron chi connectivity index (χ2n) is 25.1. The van der Waals surface area contributed by atoms with Gasteiger partial charge in [0.2, 0.25) is 5.69 Å². The van der Waals surface area contributed by atoms with Gasteiger partial charge in [0.05, 0.1) is 82.1 Å². The van der Waals surface area contributed by atoms with E-state index in [2.05, 4.69) is 170 Å². The molecule has 3 aliphatic heterocycles. The SMILES string of the molecule is CC1(C)C(/C=C/C2=C(Oc3ccccc3)C(=C/C=C3/N(CCCCS(=O)(=O)[O-])c4ccccc4C3(C)C)/CCC2)=[N+](CCCNC(=S)NCCC[N+](C)(C)CCCCCCN=C=NCCC[N+]2(C)CCOCC2)c2ccc3ccccc3c21. The predicted molar refractivity (Wildman–Crippen MR) is 345 cm³/mol. The number of hydrogen-bond donors (Lipinski definition) is 2. The lowest BCUT2D eigenvalue weighted by Crippen LogP contribution is -2.52. The smallest absolute Gasteiger partial charge is 0.210 e. The largest absolute Gasteiger partial charge is 0.748 e. The van der Waals surface area contributed by atoms with E-state index in [-0.39, 0.29) is 16.6 Å². The molecule has 0 saturated carbocycles. The van der Waals surface area contributed by atoms with Crippen LogP contribution in [0.4, 0.5) is 11.4 Å². The lowest BCUT2D eigenvalue weighted by molar-refractivity contribution is -0.916. The zero-order chi connectivity index (χ0) is 58.9. The van der Waals surface area contributed by atoms with E-state index in [4.69, 9.17) is 21.7 Å². The zero-order valence-corrected chi connectivity index (χ0v) is 52.5. The van der Waals surface area contributed by atoms with Crippen LogP contribution in [0.2, 0.25) is 0 Å². The zero-order valence-electron chi connectivity index (χ0n) is 50.9. The summed E-state index contributed by atoms with van der Waals surface area (Å²) < 4.78 is 51.6. The van der Waals surface area contributed by atoms with Crippen LogP contribution in [0, 0.1) is 0 Å². The van der Waals surface area contributed by atoms with Crippen molar-refractivity contribution >= 4 is 61.3 Å². The number of nitrogens with one attached hydrogen (secondary N) is 2. The first kappa shape index (κ1) is 63.3. The maximum Gasteiger partial charge on any atom is 0.210 e. The fraction of sp³-hybridized carbons (Fsp3) is 0.515. The quantitative estimate of drug-likeness (QED) is 0.0136. The summed E-state index contributed by atoms with van der Waals surface area (Å²) in [6, 6.07) is 34.8. The van der Waals surface area contributed by atoms with E-state index in [0.29, 0.717) is 24.5 Å². The topological polar surface area (TPSA) is 131 Å². The molecule has 4 aliphatic rings. The number of thiocarbonyl (C=S) groups is 1. The number of fused-ring (bicyclic) bond motifs is 4. The monoisotopic (exact) mass is 1170 g/mol. The Kier molecular flexibility index (Phi) is 22.4. The highest BCUT2D eigenvalue weighted by molar-refractivity contribution is 7.85. The maximum atomic E-state index is 11.5. The van der Waals surface area contributed by atoms with Crippen LogP contribution in [-0.2, 0) is 25.7 Å². The highest BCUT2D eigenvalue weighted by atomic mass is 32.2. The van der Waals surface area contributed by atoms with Gasteiger partial charge in [-0.25, -0.2) is 18.4 Å². The highest BCUT2D eigenvalue weighted by Gasteiger charge is 2.46. The van der Waals surface area contributed by atoms with Crippen LogP contribution in [0.5, 0.6) is 5.75 Å².